The summed E-state index contributed by atoms with van der Waals surface area (Å²) in [6.45, 7) is 0.332. The van der Waals surface area contributed by atoms with Gasteiger partial charge in [0.15, 0.2) is 0 Å². The number of carbonyl (C=O) groups excluding carboxylic acids is 3. The maximum absolute atomic E-state index is 11.4. The summed E-state index contributed by atoms with van der Waals surface area (Å²) in [7, 11) is 1.48. The molecule has 0 aromatic heterocycles. The van der Waals surface area contributed by atoms with Gasteiger partial charge in [-0.25, -0.2) is 9.59 Å². The highest BCUT2D eigenvalue weighted by Crippen LogP contribution is 1.97. The third-order valence-corrected chi connectivity index (χ3v) is 2.32. The highest BCUT2D eigenvalue weighted by Gasteiger charge is 2.20. The van der Waals surface area contributed by atoms with Gasteiger partial charge < -0.3 is 31.5 Å². The number of carboxylic acid groups (broad SMARTS) is 1. The van der Waals surface area contributed by atoms with Crippen LogP contribution < -0.4 is 21.7 Å². The minimum absolute atomic E-state index is 0.127. The number of carbonyl (C=O) groups is 4. The second kappa shape index (κ2) is 10.4. The van der Waals surface area contributed by atoms with E-state index in [1.807, 2.05) is 0 Å². The van der Waals surface area contributed by atoms with Crippen LogP contribution in [0.2, 0.25) is 0 Å². The molecular weight excluding hydrogens is 284 g/mol. The van der Waals surface area contributed by atoms with Crippen molar-refractivity contribution < 1.29 is 29.0 Å². The minimum Gasteiger partial charge on any atom is -0.480 e. The molecule has 0 aromatic rings. The van der Waals surface area contributed by atoms with Crippen LogP contribution in [-0.2, 0) is 19.1 Å². The number of primary amides is 1. The van der Waals surface area contributed by atoms with Crippen molar-refractivity contribution in [2.75, 3.05) is 26.8 Å². The smallest absolute Gasteiger partial charge is 0.326 e. The number of carboxylic acids is 1. The SMILES string of the molecule is COCCNC(=O)CNC(=O)N[C@@H](CCC(N)=O)C(=O)O. The topological polar surface area (TPSA) is 160 Å². The number of nitrogens with one attached hydrogen (secondary N) is 3. The number of aliphatic carboxylic acids is 1. The molecule has 0 bridgehead atoms. The Morgan fingerprint density at radius 2 is 1.90 bits per heavy atom. The van der Waals surface area contributed by atoms with Crippen molar-refractivity contribution in [1.29, 1.82) is 0 Å². The maximum atomic E-state index is 11.4. The monoisotopic (exact) mass is 304 g/mol. The van der Waals surface area contributed by atoms with Crippen LogP contribution in [0.3, 0.4) is 0 Å². The summed E-state index contributed by atoms with van der Waals surface area (Å²) in [6, 6.07) is -2.08. The Labute approximate surface area is 121 Å². The summed E-state index contributed by atoms with van der Waals surface area (Å²) < 4.78 is 4.73. The summed E-state index contributed by atoms with van der Waals surface area (Å²) >= 11 is 0. The van der Waals surface area contributed by atoms with Crippen molar-refractivity contribution in [2.24, 2.45) is 5.73 Å². The van der Waals surface area contributed by atoms with E-state index in [-0.39, 0.29) is 19.4 Å². The molecule has 0 aliphatic carbocycles. The van der Waals surface area contributed by atoms with Crippen LogP contribution in [0, 0.1) is 0 Å². The Kier molecular flexibility index (Phi) is 9.26. The fourth-order valence-corrected chi connectivity index (χ4v) is 1.27. The molecule has 0 spiro atoms. The second-order valence-corrected chi connectivity index (χ2v) is 4.07. The first kappa shape index (κ1) is 18.6. The van der Waals surface area contributed by atoms with Gasteiger partial charge in [-0.1, -0.05) is 0 Å². The van der Waals surface area contributed by atoms with Crippen LogP contribution in [0.4, 0.5) is 4.79 Å². The molecule has 0 heterocycles. The van der Waals surface area contributed by atoms with Crippen LogP contribution >= 0.6 is 0 Å². The van der Waals surface area contributed by atoms with Crippen LogP contribution in [0.5, 0.6) is 0 Å². The normalized spacial score (nSPS) is 11.3. The van der Waals surface area contributed by atoms with Gasteiger partial charge in [0, 0.05) is 20.1 Å². The van der Waals surface area contributed by atoms with Crippen molar-refractivity contribution in [3.8, 4) is 0 Å². The number of hydrogen-bond acceptors (Lipinski definition) is 5. The molecule has 0 saturated heterocycles. The molecule has 0 rings (SSSR count). The van der Waals surface area contributed by atoms with Gasteiger partial charge >= 0.3 is 12.0 Å². The van der Waals surface area contributed by atoms with Gasteiger partial charge in [0.1, 0.15) is 6.04 Å². The molecule has 0 aliphatic heterocycles. The first-order valence-corrected chi connectivity index (χ1v) is 6.18. The van der Waals surface area contributed by atoms with E-state index in [1.54, 1.807) is 0 Å². The Bertz CT molecular complexity index is 387. The fourth-order valence-electron chi connectivity index (χ4n) is 1.27. The number of nitrogens with two attached hydrogens (primary N) is 1. The molecule has 0 fully saturated rings. The van der Waals surface area contributed by atoms with Gasteiger partial charge in [0.2, 0.25) is 11.8 Å². The first-order chi connectivity index (χ1) is 9.86. The van der Waals surface area contributed by atoms with E-state index in [9.17, 15) is 19.2 Å². The lowest BCUT2D eigenvalue weighted by molar-refractivity contribution is -0.139. The lowest BCUT2D eigenvalue weighted by atomic mass is 10.1. The molecule has 120 valence electrons. The average Bonchev–Trinajstić information content (AvgIpc) is 2.41. The molecule has 10 nitrogen and oxygen atoms in total. The summed E-state index contributed by atoms with van der Waals surface area (Å²) in [6.07, 6.45) is -0.299. The van der Waals surface area contributed by atoms with Gasteiger partial charge in [-0.3, -0.25) is 9.59 Å². The number of urea groups is 1. The minimum atomic E-state index is -1.30. The molecule has 21 heavy (non-hydrogen) atoms. The van der Waals surface area contributed by atoms with E-state index < -0.39 is 29.9 Å². The number of amides is 4. The van der Waals surface area contributed by atoms with Gasteiger partial charge in [-0.2, -0.15) is 0 Å². The summed E-state index contributed by atoms with van der Waals surface area (Å²) in [4.78, 5) is 44.2. The van der Waals surface area contributed by atoms with E-state index in [1.165, 1.54) is 7.11 Å². The lowest BCUT2D eigenvalue weighted by Crippen LogP contribution is -2.48. The largest absolute Gasteiger partial charge is 0.480 e. The molecule has 0 unspecified atom stereocenters. The number of methoxy groups -OCH3 is 1. The van der Waals surface area contributed by atoms with E-state index in [0.29, 0.717) is 13.2 Å². The zero-order valence-corrected chi connectivity index (χ0v) is 11.7. The lowest BCUT2D eigenvalue weighted by Gasteiger charge is -2.14. The molecule has 1 atom stereocenters. The van der Waals surface area contributed by atoms with E-state index in [2.05, 4.69) is 16.0 Å². The van der Waals surface area contributed by atoms with Crippen molar-refractivity contribution in [2.45, 2.75) is 18.9 Å². The zero-order valence-electron chi connectivity index (χ0n) is 11.7. The Balaban J connectivity index is 4.05. The molecule has 4 amide bonds. The van der Waals surface area contributed by atoms with Crippen LogP contribution in [-0.4, -0.2) is 61.8 Å². The van der Waals surface area contributed by atoms with Crippen LogP contribution in [0.1, 0.15) is 12.8 Å². The zero-order chi connectivity index (χ0) is 16.3. The third kappa shape index (κ3) is 10.1. The number of rotatable bonds is 10. The summed E-state index contributed by atoms with van der Waals surface area (Å²) in [5.74, 6) is -2.40. The summed E-state index contributed by atoms with van der Waals surface area (Å²) in [5.41, 5.74) is 4.90. The number of hydrogen-bond donors (Lipinski definition) is 5. The van der Waals surface area contributed by atoms with Crippen LogP contribution in [0.15, 0.2) is 0 Å². The molecule has 6 N–H and O–H groups in total. The second-order valence-electron chi connectivity index (χ2n) is 4.07. The van der Waals surface area contributed by atoms with Gasteiger partial charge in [-0.15, -0.1) is 0 Å². The third-order valence-electron chi connectivity index (χ3n) is 2.32. The van der Waals surface area contributed by atoms with Gasteiger partial charge in [-0.05, 0) is 6.42 Å². The molecule has 0 saturated carbocycles. The quantitative estimate of drug-likeness (QED) is 0.287. The Morgan fingerprint density at radius 1 is 1.24 bits per heavy atom. The van der Waals surface area contributed by atoms with Crippen molar-refractivity contribution in [3.05, 3.63) is 0 Å². The van der Waals surface area contributed by atoms with Gasteiger partial charge in [0.05, 0.1) is 13.2 Å². The van der Waals surface area contributed by atoms with Crippen molar-refractivity contribution in [3.63, 3.8) is 0 Å². The summed E-state index contributed by atoms with van der Waals surface area (Å²) in [5, 5.41) is 15.7. The number of ether oxygens (including phenoxy) is 1. The predicted molar refractivity (Wildman–Crippen MR) is 71.3 cm³/mol. The highest BCUT2D eigenvalue weighted by atomic mass is 16.5. The van der Waals surface area contributed by atoms with E-state index in [4.69, 9.17) is 15.6 Å². The van der Waals surface area contributed by atoms with Gasteiger partial charge in [0.25, 0.3) is 0 Å². The van der Waals surface area contributed by atoms with Crippen molar-refractivity contribution >= 4 is 23.8 Å². The maximum Gasteiger partial charge on any atom is 0.326 e. The molecule has 0 radical (unpaired) electrons. The standard InChI is InChI=1S/C11H20N4O6/c1-21-5-4-13-9(17)6-14-11(20)15-7(10(18)19)2-3-8(12)16/h7H,2-6H2,1H3,(H2,12,16)(H,13,17)(H,18,19)(H2,14,15,20)/t7-/m0/s1. The predicted octanol–water partition coefficient (Wildman–Crippen LogP) is -2.23. The first-order valence-electron chi connectivity index (χ1n) is 6.18. The molecule has 10 heteroatoms. The molecule has 0 aliphatic rings. The molecule has 0 aromatic carbocycles. The molecular formula is C11H20N4O6. The fraction of sp³-hybridized carbons (Fsp3) is 0.636. The Morgan fingerprint density at radius 3 is 2.43 bits per heavy atom. The average molecular weight is 304 g/mol. The Hall–Kier alpha value is -2.36. The van der Waals surface area contributed by atoms with E-state index >= 15 is 0 Å². The van der Waals surface area contributed by atoms with E-state index in [0.717, 1.165) is 0 Å². The van der Waals surface area contributed by atoms with Crippen LogP contribution in [0.25, 0.3) is 0 Å². The van der Waals surface area contributed by atoms with Crippen molar-refractivity contribution in [1.82, 2.24) is 16.0 Å². The highest BCUT2D eigenvalue weighted by molar-refractivity contribution is 5.86.